The topological polar surface area (TPSA) is 58.6 Å². The van der Waals surface area contributed by atoms with Crippen molar-refractivity contribution in [2.24, 2.45) is 0 Å². The monoisotopic (exact) mass is 418 g/mol. The summed E-state index contributed by atoms with van der Waals surface area (Å²) in [5.41, 5.74) is 2.24. The van der Waals surface area contributed by atoms with Gasteiger partial charge < -0.3 is 15.0 Å². The van der Waals surface area contributed by atoms with Crippen molar-refractivity contribution >= 4 is 40.9 Å². The van der Waals surface area contributed by atoms with Crippen LogP contribution in [0.4, 0.5) is 5.69 Å². The van der Waals surface area contributed by atoms with Crippen molar-refractivity contribution in [1.29, 1.82) is 0 Å². The van der Waals surface area contributed by atoms with Crippen molar-refractivity contribution < 1.29 is 14.3 Å². The molecule has 0 radical (unpaired) electrons. The number of nitrogens with one attached hydrogen (secondary N) is 1. The quantitative estimate of drug-likeness (QED) is 0.762. The van der Waals surface area contributed by atoms with Crippen LogP contribution in [0.1, 0.15) is 22.3 Å². The van der Waals surface area contributed by atoms with Crippen LogP contribution in [-0.4, -0.2) is 47.9 Å². The molecular formula is C21H23ClN2O3S. The normalized spacial score (nSPS) is 13.9. The molecule has 0 saturated carbocycles. The maximum atomic E-state index is 12.6. The van der Waals surface area contributed by atoms with Gasteiger partial charge in [-0.1, -0.05) is 11.6 Å². The van der Waals surface area contributed by atoms with Gasteiger partial charge in [-0.25, -0.2) is 0 Å². The summed E-state index contributed by atoms with van der Waals surface area (Å²) in [4.78, 5) is 26.7. The van der Waals surface area contributed by atoms with Gasteiger partial charge in [-0.2, -0.15) is 11.8 Å². The number of hydrogen-bond donors (Lipinski definition) is 1. The van der Waals surface area contributed by atoms with Crippen LogP contribution in [0, 0.1) is 6.92 Å². The number of benzene rings is 2. The van der Waals surface area contributed by atoms with Crippen molar-refractivity contribution in [2.75, 3.05) is 36.5 Å². The summed E-state index contributed by atoms with van der Waals surface area (Å²) in [5, 5.41) is 3.52. The molecule has 3 rings (SSSR count). The first-order chi connectivity index (χ1) is 13.5. The fourth-order valence-electron chi connectivity index (χ4n) is 2.89. The predicted octanol–water partition coefficient (Wildman–Crippen LogP) is 4.25. The van der Waals surface area contributed by atoms with Gasteiger partial charge in [0.15, 0.2) is 0 Å². The summed E-state index contributed by atoms with van der Waals surface area (Å²) >= 11 is 7.70. The number of carbonyl (C=O) groups excluding carboxylic acids is 2. The Morgan fingerprint density at radius 1 is 1.14 bits per heavy atom. The highest BCUT2D eigenvalue weighted by Crippen LogP contribution is 2.20. The van der Waals surface area contributed by atoms with E-state index < -0.39 is 0 Å². The van der Waals surface area contributed by atoms with Crippen molar-refractivity contribution in [3.8, 4) is 5.75 Å². The molecule has 28 heavy (non-hydrogen) atoms. The lowest BCUT2D eigenvalue weighted by molar-refractivity contribution is -0.116. The zero-order valence-electron chi connectivity index (χ0n) is 15.7. The number of halogens is 1. The molecule has 1 fully saturated rings. The van der Waals surface area contributed by atoms with Crippen LogP contribution in [0.3, 0.4) is 0 Å². The van der Waals surface area contributed by atoms with Crippen LogP contribution in [0.5, 0.6) is 5.75 Å². The molecule has 0 atom stereocenters. The van der Waals surface area contributed by atoms with Crippen molar-refractivity contribution in [2.45, 2.75) is 13.3 Å². The van der Waals surface area contributed by atoms with E-state index in [-0.39, 0.29) is 24.8 Å². The van der Waals surface area contributed by atoms with Gasteiger partial charge in [0.25, 0.3) is 5.91 Å². The third-order valence-electron chi connectivity index (χ3n) is 4.46. The van der Waals surface area contributed by atoms with E-state index in [0.29, 0.717) is 22.0 Å². The maximum absolute atomic E-state index is 12.6. The third-order valence-corrected chi connectivity index (χ3v) is 5.65. The van der Waals surface area contributed by atoms with Crippen molar-refractivity contribution in [1.82, 2.24) is 4.90 Å². The molecular weight excluding hydrogens is 396 g/mol. The second-order valence-corrected chi connectivity index (χ2v) is 8.20. The van der Waals surface area contributed by atoms with Crippen molar-refractivity contribution in [3.05, 3.63) is 58.6 Å². The van der Waals surface area contributed by atoms with Crippen LogP contribution in [0.15, 0.2) is 42.5 Å². The smallest absolute Gasteiger partial charge is 0.253 e. The van der Waals surface area contributed by atoms with E-state index >= 15 is 0 Å². The summed E-state index contributed by atoms with van der Waals surface area (Å²) in [7, 11) is 0. The minimum atomic E-state index is -0.135. The first-order valence-corrected chi connectivity index (χ1v) is 10.7. The van der Waals surface area contributed by atoms with E-state index in [9.17, 15) is 9.59 Å². The minimum absolute atomic E-state index is 0.0534. The molecule has 0 aliphatic carbocycles. The summed E-state index contributed by atoms with van der Waals surface area (Å²) in [6.07, 6.45) is 0.230. The molecule has 1 aliphatic rings. The van der Waals surface area contributed by atoms with E-state index in [4.69, 9.17) is 16.3 Å². The Labute approximate surface area is 174 Å². The van der Waals surface area contributed by atoms with E-state index in [1.54, 1.807) is 36.4 Å². The van der Waals surface area contributed by atoms with Gasteiger partial charge in [0.1, 0.15) is 5.75 Å². The summed E-state index contributed by atoms with van der Waals surface area (Å²) in [5.74, 6) is 2.56. The lowest BCUT2D eigenvalue weighted by atomic mass is 10.1. The molecule has 5 nitrogen and oxygen atoms in total. The number of thioether (sulfide) groups is 1. The number of aryl methyl sites for hydroxylation is 1. The standard InChI is InChI=1S/C21H23ClN2O3S/c1-15-14-16(21(26)24-9-12-28-13-10-24)2-7-19(15)23-20(25)8-11-27-18-5-3-17(22)4-6-18/h2-7,14H,8-13H2,1H3,(H,23,25). The number of nitrogens with zero attached hydrogens (tertiary/aromatic N) is 1. The molecule has 1 heterocycles. The first kappa shape index (κ1) is 20.6. The highest BCUT2D eigenvalue weighted by Gasteiger charge is 2.19. The lowest BCUT2D eigenvalue weighted by Crippen LogP contribution is -2.37. The molecule has 1 N–H and O–H groups in total. The second kappa shape index (κ2) is 9.85. The predicted molar refractivity (Wildman–Crippen MR) is 115 cm³/mol. The highest BCUT2D eigenvalue weighted by atomic mass is 35.5. The molecule has 148 valence electrons. The van der Waals surface area contributed by atoms with E-state index in [2.05, 4.69) is 5.32 Å². The number of hydrogen-bond acceptors (Lipinski definition) is 4. The third kappa shape index (κ3) is 5.66. The Kier molecular flexibility index (Phi) is 7.23. The van der Waals surface area contributed by atoms with E-state index in [1.807, 2.05) is 29.7 Å². The number of ether oxygens (including phenoxy) is 1. The lowest BCUT2D eigenvalue weighted by Gasteiger charge is -2.26. The van der Waals surface area contributed by atoms with Gasteiger partial charge in [-0.15, -0.1) is 0 Å². The first-order valence-electron chi connectivity index (χ1n) is 9.19. The zero-order chi connectivity index (χ0) is 19.9. The number of anilines is 1. The summed E-state index contributed by atoms with van der Waals surface area (Å²) in [6, 6.07) is 12.4. The van der Waals surface area contributed by atoms with Crippen LogP contribution >= 0.6 is 23.4 Å². The van der Waals surface area contributed by atoms with Gasteiger partial charge in [0.2, 0.25) is 5.91 Å². The molecule has 1 saturated heterocycles. The number of rotatable bonds is 6. The highest BCUT2D eigenvalue weighted by molar-refractivity contribution is 7.99. The molecule has 2 aromatic rings. The molecule has 2 amide bonds. The van der Waals surface area contributed by atoms with E-state index in [0.717, 1.165) is 30.2 Å². The zero-order valence-corrected chi connectivity index (χ0v) is 17.3. The van der Waals surface area contributed by atoms with Gasteiger partial charge in [-0.3, -0.25) is 9.59 Å². The maximum Gasteiger partial charge on any atom is 0.253 e. The Morgan fingerprint density at radius 2 is 1.86 bits per heavy atom. The molecule has 0 bridgehead atoms. The Morgan fingerprint density at radius 3 is 2.54 bits per heavy atom. The Bertz CT molecular complexity index is 836. The van der Waals surface area contributed by atoms with Crippen LogP contribution in [0.2, 0.25) is 5.02 Å². The van der Waals surface area contributed by atoms with Gasteiger partial charge in [0, 0.05) is 40.9 Å². The molecule has 2 aromatic carbocycles. The SMILES string of the molecule is Cc1cc(C(=O)N2CCSCC2)ccc1NC(=O)CCOc1ccc(Cl)cc1. The molecule has 1 aliphatic heterocycles. The van der Waals surface area contributed by atoms with Gasteiger partial charge >= 0.3 is 0 Å². The van der Waals surface area contributed by atoms with Crippen LogP contribution in [0.25, 0.3) is 0 Å². The van der Waals surface area contributed by atoms with Gasteiger partial charge in [0.05, 0.1) is 13.0 Å². The van der Waals surface area contributed by atoms with Gasteiger partial charge in [-0.05, 0) is 55.0 Å². The van der Waals surface area contributed by atoms with Crippen LogP contribution < -0.4 is 10.1 Å². The minimum Gasteiger partial charge on any atom is -0.493 e. The average molecular weight is 419 g/mol. The molecule has 0 spiro atoms. The van der Waals surface area contributed by atoms with Crippen molar-refractivity contribution in [3.63, 3.8) is 0 Å². The fourth-order valence-corrected chi connectivity index (χ4v) is 3.92. The Hall–Kier alpha value is -2.18. The second-order valence-electron chi connectivity index (χ2n) is 6.53. The number of carbonyl (C=O) groups is 2. The average Bonchev–Trinajstić information content (AvgIpc) is 2.71. The van der Waals surface area contributed by atoms with Crippen LogP contribution in [-0.2, 0) is 4.79 Å². The van der Waals surface area contributed by atoms with E-state index in [1.165, 1.54) is 0 Å². The largest absolute Gasteiger partial charge is 0.493 e. The molecule has 7 heteroatoms. The fraction of sp³-hybridized carbons (Fsp3) is 0.333. The Balaban J connectivity index is 1.51. The number of amides is 2. The summed E-state index contributed by atoms with van der Waals surface area (Å²) in [6.45, 7) is 3.74. The molecule has 0 unspecified atom stereocenters. The molecule has 0 aromatic heterocycles. The summed E-state index contributed by atoms with van der Waals surface area (Å²) < 4.78 is 5.55.